The topological polar surface area (TPSA) is 57.6 Å². The van der Waals surface area contributed by atoms with E-state index in [0.29, 0.717) is 13.1 Å². The van der Waals surface area contributed by atoms with Crippen LogP contribution in [0.5, 0.6) is 0 Å². The normalized spacial score (nSPS) is 25.2. The van der Waals surface area contributed by atoms with Crippen molar-refractivity contribution in [2.45, 2.75) is 19.8 Å². The van der Waals surface area contributed by atoms with Crippen LogP contribution in [0.15, 0.2) is 0 Å². The first-order valence-electron chi connectivity index (χ1n) is 4.51. The number of hydrogen-bond donors (Lipinski definition) is 1. The molecule has 0 aromatic carbocycles. The summed E-state index contributed by atoms with van der Waals surface area (Å²) in [6.07, 6.45) is 0.954. The Kier molecular flexibility index (Phi) is 1.62. The number of hydrogen-bond acceptors (Lipinski definition) is 2. The van der Waals surface area contributed by atoms with Gasteiger partial charge in [0.25, 0.3) is 0 Å². The zero-order chi connectivity index (χ0) is 9.64. The molecule has 1 heterocycles. The highest BCUT2D eigenvalue weighted by molar-refractivity contribution is 5.79. The van der Waals surface area contributed by atoms with E-state index >= 15 is 0 Å². The van der Waals surface area contributed by atoms with E-state index in [2.05, 4.69) is 0 Å². The van der Waals surface area contributed by atoms with Crippen LogP contribution in [0.1, 0.15) is 19.8 Å². The SMILES string of the molecule is CC(=O)C1CC2(C1)CN(C(=O)O)C2. The second kappa shape index (κ2) is 2.47. The zero-order valence-corrected chi connectivity index (χ0v) is 7.62. The number of carboxylic acid groups (broad SMARTS) is 1. The molecule has 0 unspecified atom stereocenters. The van der Waals surface area contributed by atoms with Gasteiger partial charge < -0.3 is 10.0 Å². The molecule has 1 saturated carbocycles. The van der Waals surface area contributed by atoms with Gasteiger partial charge in [0.1, 0.15) is 5.78 Å². The summed E-state index contributed by atoms with van der Waals surface area (Å²) in [6.45, 7) is 2.88. The van der Waals surface area contributed by atoms with Crippen LogP contribution in [0.2, 0.25) is 0 Å². The highest BCUT2D eigenvalue weighted by Crippen LogP contribution is 2.51. The van der Waals surface area contributed by atoms with Gasteiger partial charge in [-0.1, -0.05) is 0 Å². The molecule has 1 aliphatic heterocycles. The molecule has 1 amide bonds. The maximum Gasteiger partial charge on any atom is 0.407 e. The van der Waals surface area contributed by atoms with Crippen molar-refractivity contribution in [3.63, 3.8) is 0 Å². The molecule has 1 aliphatic carbocycles. The molecule has 0 aromatic rings. The molecular weight excluding hydrogens is 170 g/mol. The van der Waals surface area contributed by atoms with E-state index in [1.165, 1.54) is 4.90 Å². The summed E-state index contributed by atoms with van der Waals surface area (Å²) in [4.78, 5) is 22.8. The van der Waals surface area contributed by atoms with Crippen molar-refractivity contribution in [3.8, 4) is 0 Å². The number of nitrogens with zero attached hydrogens (tertiary/aromatic N) is 1. The molecule has 2 rings (SSSR count). The Labute approximate surface area is 76.5 Å². The molecule has 0 bridgehead atoms. The predicted octanol–water partition coefficient (Wildman–Crippen LogP) is 0.965. The van der Waals surface area contributed by atoms with Crippen LogP contribution < -0.4 is 0 Å². The third kappa shape index (κ3) is 1.20. The van der Waals surface area contributed by atoms with Gasteiger partial charge in [0.2, 0.25) is 0 Å². The van der Waals surface area contributed by atoms with E-state index in [4.69, 9.17) is 5.11 Å². The number of carbonyl (C=O) groups excluding carboxylic acids is 1. The first-order chi connectivity index (χ1) is 6.02. The van der Waals surface area contributed by atoms with E-state index in [1.807, 2.05) is 0 Å². The van der Waals surface area contributed by atoms with Gasteiger partial charge in [-0.15, -0.1) is 0 Å². The largest absolute Gasteiger partial charge is 0.465 e. The average molecular weight is 183 g/mol. The van der Waals surface area contributed by atoms with Gasteiger partial charge in [-0.2, -0.15) is 0 Å². The van der Waals surface area contributed by atoms with Crippen LogP contribution in [0, 0.1) is 11.3 Å². The van der Waals surface area contributed by atoms with Crippen LogP contribution >= 0.6 is 0 Å². The van der Waals surface area contributed by atoms with Gasteiger partial charge in [-0.25, -0.2) is 4.79 Å². The standard InChI is InChI=1S/C9H13NO3/c1-6(11)7-2-9(3-7)4-10(5-9)8(12)13/h7H,2-5H2,1H3,(H,12,13). The Morgan fingerprint density at radius 1 is 1.38 bits per heavy atom. The van der Waals surface area contributed by atoms with Crippen molar-refractivity contribution < 1.29 is 14.7 Å². The lowest BCUT2D eigenvalue weighted by molar-refractivity contribution is -0.137. The number of Topliss-reactive ketones (excluding diaryl/α,β-unsaturated/α-hetero) is 1. The van der Waals surface area contributed by atoms with E-state index in [9.17, 15) is 9.59 Å². The van der Waals surface area contributed by atoms with E-state index in [0.717, 1.165) is 12.8 Å². The second-order valence-corrected chi connectivity index (χ2v) is 4.35. The molecule has 0 aromatic heterocycles. The van der Waals surface area contributed by atoms with Crippen molar-refractivity contribution in [3.05, 3.63) is 0 Å². The van der Waals surface area contributed by atoms with Crippen molar-refractivity contribution in [2.75, 3.05) is 13.1 Å². The fourth-order valence-corrected chi connectivity index (χ4v) is 2.43. The average Bonchev–Trinajstić information content (AvgIpc) is 1.78. The lowest BCUT2D eigenvalue weighted by Gasteiger charge is -2.57. The molecule has 72 valence electrons. The Morgan fingerprint density at radius 2 is 1.92 bits per heavy atom. The Bertz CT molecular complexity index is 231. The second-order valence-electron chi connectivity index (χ2n) is 4.35. The lowest BCUT2D eigenvalue weighted by Crippen LogP contribution is -2.64. The number of amides is 1. The van der Waals surface area contributed by atoms with E-state index in [1.54, 1.807) is 6.92 Å². The number of carbonyl (C=O) groups is 2. The van der Waals surface area contributed by atoms with Gasteiger partial charge in [0.15, 0.2) is 0 Å². The molecule has 1 saturated heterocycles. The minimum Gasteiger partial charge on any atom is -0.465 e. The fourth-order valence-electron chi connectivity index (χ4n) is 2.43. The Hall–Kier alpha value is -1.06. The zero-order valence-electron chi connectivity index (χ0n) is 7.62. The molecule has 13 heavy (non-hydrogen) atoms. The summed E-state index contributed by atoms with van der Waals surface area (Å²) < 4.78 is 0. The molecule has 1 N–H and O–H groups in total. The summed E-state index contributed by atoms with van der Waals surface area (Å²) in [5, 5.41) is 8.62. The lowest BCUT2D eigenvalue weighted by atomic mass is 9.57. The first kappa shape index (κ1) is 8.53. The number of likely N-dealkylation sites (tertiary alicyclic amines) is 1. The minimum absolute atomic E-state index is 0.175. The summed E-state index contributed by atoms with van der Waals surface area (Å²) in [5.74, 6) is 0.454. The first-order valence-corrected chi connectivity index (χ1v) is 4.51. The smallest absolute Gasteiger partial charge is 0.407 e. The maximum atomic E-state index is 10.9. The molecular formula is C9H13NO3. The molecule has 4 nitrogen and oxygen atoms in total. The molecule has 1 spiro atoms. The summed E-state index contributed by atoms with van der Waals surface area (Å²) in [7, 11) is 0. The minimum atomic E-state index is -0.836. The van der Waals surface area contributed by atoms with Gasteiger partial charge in [-0.3, -0.25) is 4.79 Å². The molecule has 0 radical (unpaired) electrons. The van der Waals surface area contributed by atoms with Gasteiger partial charge in [0.05, 0.1) is 0 Å². The highest BCUT2D eigenvalue weighted by atomic mass is 16.4. The fraction of sp³-hybridized carbons (Fsp3) is 0.778. The number of rotatable bonds is 1. The van der Waals surface area contributed by atoms with Crippen molar-refractivity contribution >= 4 is 11.9 Å². The van der Waals surface area contributed by atoms with E-state index in [-0.39, 0.29) is 17.1 Å². The van der Waals surface area contributed by atoms with Gasteiger partial charge in [-0.05, 0) is 19.8 Å². The summed E-state index contributed by atoms with van der Waals surface area (Å²) >= 11 is 0. The van der Waals surface area contributed by atoms with Crippen LogP contribution in [0.3, 0.4) is 0 Å². The summed E-state index contributed by atoms with van der Waals surface area (Å²) in [5.41, 5.74) is 0.175. The van der Waals surface area contributed by atoms with Crippen LogP contribution in [0.4, 0.5) is 4.79 Å². The molecule has 2 aliphatic rings. The molecule has 2 fully saturated rings. The Morgan fingerprint density at radius 3 is 2.31 bits per heavy atom. The van der Waals surface area contributed by atoms with Gasteiger partial charge in [0, 0.05) is 24.4 Å². The maximum absolute atomic E-state index is 10.9. The predicted molar refractivity (Wildman–Crippen MR) is 45.4 cm³/mol. The Balaban J connectivity index is 1.82. The van der Waals surface area contributed by atoms with Crippen molar-refractivity contribution in [1.29, 1.82) is 0 Å². The third-order valence-corrected chi connectivity index (χ3v) is 3.26. The van der Waals surface area contributed by atoms with Crippen molar-refractivity contribution in [2.24, 2.45) is 11.3 Å². The quantitative estimate of drug-likeness (QED) is 0.658. The summed E-state index contributed by atoms with van der Waals surface area (Å²) in [6, 6.07) is 0. The molecule has 4 heteroatoms. The number of ketones is 1. The van der Waals surface area contributed by atoms with Crippen molar-refractivity contribution in [1.82, 2.24) is 4.90 Å². The van der Waals surface area contributed by atoms with Crippen LogP contribution in [-0.2, 0) is 4.79 Å². The monoisotopic (exact) mass is 183 g/mol. The van der Waals surface area contributed by atoms with Gasteiger partial charge >= 0.3 is 6.09 Å². The highest BCUT2D eigenvalue weighted by Gasteiger charge is 2.54. The molecule has 0 atom stereocenters. The third-order valence-electron chi connectivity index (χ3n) is 3.26. The van der Waals surface area contributed by atoms with E-state index < -0.39 is 6.09 Å². The van der Waals surface area contributed by atoms with Crippen LogP contribution in [-0.4, -0.2) is 35.0 Å². The van der Waals surface area contributed by atoms with Crippen LogP contribution in [0.25, 0.3) is 0 Å².